The van der Waals surface area contributed by atoms with Crippen molar-refractivity contribution in [3.63, 3.8) is 0 Å². The molecule has 0 amide bonds. The van der Waals surface area contributed by atoms with Crippen molar-refractivity contribution in [2.24, 2.45) is 5.73 Å². The summed E-state index contributed by atoms with van der Waals surface area (Å²) in [5.74, 6) is 0. The van der Waals surface area contributed by atoms with E-state index >= 15 is 0 Å². The minimum atomic E-state index is 0.644. The monoisotopic (exact) mass is 232 g/mol. The van der Waals surface area contributed by atoms with Crippen LogP contribution in [0.2, 0.25) is 0 Å². The number of hydrogen-bond acceptors (Lipinski definition) is 2. The van der Waals surface area contributed by atoms with Gasteiger partial charge in [-0.15, -0.1) is 0 Å². The number of hydrogen-bond donors (Lipinski definition) is 1. The molecule has 0 radical (unpaired) electrons. The van der Waals surface area contributed by atoms with E-state index in [1.54, 1.807) is 0 Å². The third kappa shape index (κ3) is 3.01. The van der Waals surface area contributed by atoms with E-state index in [2.05, 4.69) is 36.9 Å². The number of anilines is 1. The molecule has 0 unspecified atom stereocenters. The van der Waals surface area contributed by atoms with Crippen LogP contribution in [-0.4, -0.2) is 12.6 Å². The average Bonchev–Trinajstić information content (AvgIpc) is 3.14. The van der Waals surface area contributed by atoms with Crippen molar-refractivity contribution in [3.8, 4) is 0 Å². The van der Waals surface area contributed by atoms with Crippen molar-refractivity contribution in [2.75, 3.05) is 11.4 Å². The second-order valence-corrected chi connectivity index (χ2v) is 5.11. The van der Waals surface area contributed by atoms with Crippen molar-refractivity contribution in [3.05, 3.63) is 29.3 Å². The van der Waals surface area contributed by atoms with Crippen LogP contribution in [-0.2, 0) is 6.54 Å². The highest BCUT2D eigenvalue weighted by molar-refractivity contribution is 5.57. The van der Waals surface area contributed by atoms with E-state index in [4.69, 9.17) is 5.73 Å². The molecule has 0 heterocycles. The molecule has 17 heavy (non-hydrogen) atoms. The van der Waals surface area contributed by atoms with Crippen molar-refractivity contribution >= 4 is 5.69 Å². The fraction of sp³-hybridized carbons (Fsp3) is 0.600. The van der Waals surface area contributed by atoms with E-state index in [0.29, 0.717) is 6.54 Å². The first-order valence-corrected chi connectivity index (χ1v) is 6.82. The van der Waals surface area contributed by atoms with E-state index in [1.165, 1.54) is 49.0 Å². The Hall–Kier alpha value is -1.02. The second-order valence-electron chi connectivity index (χ2n) is 5.11. The molecule has 2 N–H and O–H groups in total. The van der Waals surface area contributed by atoms with E-state index < -0.39 is 0 Å². The van der Waals surface area contributed by atoms with Crippen molar-refractivity contribution in [1.29, 1.82) is 0 Å². The number of nitrogens with two attached hydrogens (primary N) is 1. The first kappa shape index (κ1) is 12.4. The van der Waals surface area contributed by atoms with Gasteiger partial charge in [-0.2, -0.15) is 0 Å². The summed E-state index contributed by atoms with van der Waals surface area (Å²) >= 11 is 0. The highest BCUT2D eigenvalue weighted by Gasteiger charge is 2.29. The molecule has 1 aromatic carbocycles. The fourth-order valence-corrected chi connectivity index (χ4v) is 2.33. The summed E-state index contributed by atoms with van der Waals surface area (Å²) in [6.07, 6.45) is 5.23. The summed E-state index contributed by atoms with van der Waals surface area (Å²) in [5.41, 5.74) is 9.86. The molecule has 0 atom stereocenters. The summed E-state index contributed by atoms with van der Waals surface area (Å²) in [6.45, 7) is 6.24. The lowest BCUT2D eigenvalue weighted by Crippen LogP contribution is -2.28. The zero-order chi connectivity index (χ0) is 12.3. The molecule has 0 saturated heterocycles. The molecule has 0 spiro atoms. The smallest absolute Gasteiger partial charge is 0.0416 e. The van der Waals surface area contributed by atoms with Gasteiger partial charge in [0.1, 0.15) is 0 Å². The Balaban J connectivity index is 2.23. The highest BCUT2D eigenvalue weighted by Crippen LogP contribution is 2.34. The van der Waals surface area contributed by atoms with Gasteiger partial charge in [0.05, 0.1) is 0 Å². The maximum Gasteiger partial charge on any atom is 0.0416 e. The zero-order valence-corrected chi connectivity index (χ0v) is 11.1. The molecule has 2 nitrogen and oxygen atoms in total. The van der Waals surface area contributed by atoms with Gasteiger partial charge in [0.25, 0.3) is 0 Å². The molecule has 0 aliphatic heterocycles. The van der Waals surface area contributed by atoms with Gasteiger partial charge in [0, 0.05) is 24.8 Å². The Bertz CT molecular complexity index is 369. The summed E-state index contributed by atoms with van der Waals surface area (Å²) in [5, 5.41) is 0. The summed E-state index contributed by atoms with van der Waals surface area (Å²) in [6, 6.07) is 7.42. The lowest BCUT2D eigenvalue weighted by molar-refractivity contribution is 0.709. The Morgan fingerprint density at radius 2 is 2.12 bits per heavy atom. The molecule has 0 aromatic heterocycles. The Morgan fingerprint density at radius 1 is 1.35 bits per heavy atom. The molecule has 0 bridgehead atoms. The van der Waals surface area contributed by atoms with Gasteiger partial charge < -0.3 is 10.6 Å². The molecule has 1 aliphatic rings. The van der Waals surface area contributed by atoms with Crippen LogP contribution in [0.5, 0.6) is 0 Å². The predicted molar refractivity (Wildman–Crippen MR) is 74.3 cm³/mol. The molecule has 2 heteroatoms. The molecule has 2 rings (SSSR count). The standard InChI is InChI=1S/C15H24N2/c1-3-4-9-17(14-7-8-14)15-10-12(2)5-6-13(15)11-16/h5-6,10,14H,3-4,7-9,11,16H2,1-2H3. The zero-order valence-electron chi connectivity index (χ0n) is 11.1. The average molecular weight is 232 g/mol. The number of unbranched alkanes of at least 4 members (excludes halogenated alkanes) is 1. The van der Waals surface area contributed by atoms with Gasteiger partial charge in [-0.3, -0.25) is 0 Å². The molecule has 1 aliphatic carbocycles. The summed E-state index contributed by atoms with van der Waals surface area (Å²) in [4.78, 5) is 2.58. The van der Waals surface area contributed by atoms with Crippen LogP contribution in [0.15, 0.2) is 18.2 Å². The SMILES string of the molecule is CCCCN(c1cc(C)ccc1CN)C1CC1. The first-order valence-electron chi connectivity index (χ1n) is 6.82. The second kappa shape index (κ2) is 5.54. The lowest BCUT2D eigenvalue weighted by atomic mass is 10.1. The minimum absolute atomic E-state index is 0.644. The van der Waals surface area contributed by atoms with E-state index in [1.807, 2.05) is 0 Å². The third-order valence-corrected chi connectivity index (χ3v) is 3.51. The van der Waals surface area contributed by atoms with Gasteiger partial charge in [0.2, 0.25) is 0 Å². The fourth-order valence-electron chi connectivity index (χ4n) is 2.33. The van der Waals surface area contributed by atoms with Crippen molar-refractivity contribution < 1.29 is 0 Å². The molecule has 94 valence electrons. The number of benzene rings is 1. The van der Waals surface area contributed by atoms with Gasteiger partial charge in [-0.25, -0.2) is 0 Å². The number of aryl methyl sites for hydroxylation is 1. The van der Waals surface area contributed by atoms with E-state index in [0.717, 1.165) is 6.04 Å². The molecule has 1 fully saturated rings. The van der Waals surface area contributed by atoms with Crippen LogP contribution in [0.25, 0.3) is 0 Å². The van der Waals surface area contributed by atoms with Crippen LogP contribution >= 0.6 is 0 Å². The molecular weight excluding hydrogens is 208 g/mol. The highest BCUT2D eigenvalue weighted by atomic mass is 15.2. The van der Waals surface area contributed by atoms with Gasteiger partial charge >= 0.3 is 0 Å². The maximum absolute atomic E-state index is 5.86. The normalized spacial score (nSPS) is 15.0. The van der Waals surface area contributed by atoms with Crippen molar-refractivity contribution in [2.45, 2.75) is 52.1 Å². The topological polar surface area (TPSA) is 29.3 Å². The van der Waals surface area contributed by atoms with E-state index in [-0.39, 0.29) is 0 Å². The quantitative estimate of drug-likeness (QED) is 0.816. The molecular formula is C15H24N2. The number of nitrogens with zero attached hydrogens (tertiary/aromatic N) is 1. The Morgan fingerprint density at radius 3 is 2.71 bits per heavy atom. The molecule has 1 aromatic rings. The van der Waals surface area contributed by atoms with Gasteiger partial charge in [-0.1, -0.05) is 25.5 Å². The van der Waals surface area contributed by atoms with Crippen LogP contribution in [0.1, 0.15) is 43.7 Å². The third-order valence-electron chi connectivity index (χ3n) is 3.51. The van der Waals surface area contributed by atoms with Crippen LogP contribution < -0.4 is 10.6 Å². The minimum Gasteiger partial charge on any atom is -0.368 e. The van der Waals surface area contributed by atoms with Crippen molar-refractivity contribution in [1.82, 2.24) is 0 Å². The van der Waals surface area contributed by atoms with Gasteiger partial charge in [0.15, 0.2) is 0 Å². The Kier molecular flexibility index (Phi) is 4.06. The Labute approximate surface area is 105 Å². The van der Waals surface area contributed by atoms with Crippen LogP contribution in [0, 0.1) is 6.92 Å². The summed E-state index contributed by atoms with van der Waals surface area (Å²) < 4.78 is 0. The maximum atomic E-state index is 5.86. The molecule has 1 saturated carbocycles. The van der Waals surface area contributed by atoms with Gasteiger partial charge in [-0.05, 0) is 43.4 Å². The largest absolute Gasteiger partial charge is 0.368 e. The van der Waals surface area contributed by atoms with Crippen LogP contribution in [0.3, 0.4) is 0 Å². The number of rotatable bonds is 6. The first-order chi connectivity index (χ1) is 8.26. The predicted octanol–water partition coefficient (Wildman–Crippen LogP) is 3.22. The lowest BCUT2D eigenvalue weighted by Gasteiger charge is -2.27. The summed E-state index contributed by atoms with van der Waals surface area (Å²) in [7, 11) is 0. The van der Waals surface area contributed by atoms with Crippen LogP contribution in [0.4, 0.5) is 5.69 Å². The van der Waals surface area contributed by atoms with E-state index in [9.17, 15) is 0 Å².